The van der Waals surface area contributed by atoms with Crippen LogP contribution in [0.4, 0.5) is 11.4 Å². The van der Waals surface area contributed by atoms with Gasteiger partial charge in [0.05, 0.1) is 38.1 Å². The molecule has 3 aromatic carbocycles. The maximum Gasteiger partial charge on any atom is 0.266 e. The summed E-state index contributed by atoms with van der Waals surface area (Å²) in [6.45, 7) is 0. The summed E-state index contributed by atoms with van der Waals surface area (Å²) in [5.41, 5.74) is 1.63. The van der Waals surface area contributed by atoms with Crippen LogP contribution < -0.4 is 15.5 Å². The minimum atomic E-state index is -0.493. The van der Waals surface area contributed by atoms with Crippen molar-refractivity contribution >= 4 is 85.6 Å². The van der Waals surface area contributed by atoms with Crippen LogP contribution in [0.2, 0.25) is 10.0 Å². The highest BCUT2D eigenvalue weighted by Crippen LogP contribution is 2.33. The first-order chi connectivity index (χ1) is 15.3. The second-order valence-electron chi connectivity index (χ2n) is 6.69. The summed E-state index contributed by atoms with van der Waals surface area (Å²) in [5.74, 6) is -1.33. The van der Waals surface area contributed by atoms with Crippen molar-refractivity contribution in [3.05, 3.63) is 91.9 Å². The summed E-state index contributed by atoms with van der Waals surface area (Å²) >= 11 is 20.9. The van der Waals surface area contributed by atoms with Crippen molar-refractivity contribution in [3.8, 4) is 0 Å². The third kappa shape index (κ3) is 4.27. The number of nitrogens with one attached hydrogen (secondary N) is 2. The van der Waals surface area contributed by atoms with Gasteiger partial charge >= 0.3 is 0 Å². The van der Waals surface area contributed by atoms with E-state index in [1.807, 2.05) is 0 Å². The van der Waals surface area contributed by atoms with Gasteiger partial charge in [-0.25, -0.2) is 4.90 Å². The molecule has 32 heavy (non-hydrogen) atoms. The Labute approximate surface area is 206 Å². The number of rotatable bonds is 3. The number of hydrogen-bond donors (Lipinski definition) is 2. The van der Waals surface area contributed by atoms with Crippen LogP contribution in [0.1, 0.15) is 31.1 Å². The molecule has 1 heterocycles. The van der Waals surface area contributed by atoms with Crippen LogP contribution in [-0.4, -0.2) is 22.8 Å². The first-order valence-electron chi connectivity index (χ1n) is 9.11. The fourth-order valence-corrected chi connectivity index (χ4v) is 4.15. The molecule has 0 aliphatic carbocycles. The van der Waals surface area contributed by atoms with Gasteiger partial charge in [0.2, 0.25) is 0 Å². The maximum atomic E-state index is 12.7. The molecule has 1 aliphatic rings. The summed E-state index contributed by atoms with van der Waals surface area (Å²) in [6.07, 6.45) is 0. The van der Waals surface area contributed by atoms with Crippen molar-refractivity contribution in [2.24, 2.45) is 0 Å². The van der Waals surface area contributed by atoms with Crippen molar-refractivity contribution in [2.75, 3.05) is 10.2 Å². The summed E-state index contributed by atoms with van der Waals surface area (Å²) in [7, 11) is 0. The number of halogens is 3. The van der Waals surface area contributed by atoms with Crippen molar-refractivity contribution in [1.82, 2.24) is 5.32 Å². The van der Waals surface area contributed by atoms with Crippen molar-refractivity contribution in [2.45, 2.75) is 0 Å². The molecule has 3 amide bonds. The Hall–Kier alpha value is -2.78. The Kier molecular flexibility index (Phi) is 6.30. The lowest BCUT2D eigenvalue weighted by atomic mass is 10.1. The molecule has 0 unspecified atom stereocenters. The van der Waals surface area contributed by atoms with Crippen molar-refractivity contribution in [3.63, 3.8) is 0 Å². The fraction of sp³-hybridized carbons (Fsp3) is 0. The average molecular weight is 549 g/mol. The van der Waals surface area contributed by atoms with Crippen LogP contribution in [0.25, 0.3) is 0 Å². The lowest BCUT2D eigenvalue weighted by Crippen LogP contribution is -2.34. The molecule has 1 aliphatic heterocycles. The van der Waals surface area contributed by atoms with E-state index < -0.39 is 17.7 Å². The van der Waals surface area contributed by atoms with E-state index in [0.717, 1.165) is 4.90 Å². The fourth-order valence-electron chi connectivity index (χ4n) is 3.16. The van der Waals surface area contributed by atoms with E-state index in [9.17, 15) is 14.4 Å². The van der Waals surface area contributed by atoms with Gasteiger partial charge in [0.15, 0.2) is 5.11 Å². The van der Waals surface area contributed by atoms with Crippen molar-refractivity contribution in [1.29, 1.82) is 0 Å². The molecular weight excluding hydrogens is 537 g/mol. The van der Waals surface area contributed by atoms with Crippen LogP contribution in [0, 0.1) is 0 Å². The SMILES string of the molecule is O=C(NC(=S)Nc1ccc(N2C(=O)c3ccccc3C2=O)cc1Cl)c1cc(Br)ccc1Cl. The largest absolute Gasteiger partial charge is 0.331 e. The summed E-state index contributed by atoms with van der Waals surface area (Å²) < 4.78 is 0.692. The quantitative estimate of drug-likeness (QED) is 0.325. The van der Waals surface area contributed by atoms with Crippen LogP contribution in [-0.2, 0) is 0 Å². The van der Waals surface area contributed by atoms with Gasteiger partial charge in [-0.3, -0.25) is 19.7 Å². The third-order valence-corrected chi connectivity index (χ3v) is 5.99. The topological polar surface area (TPSA) is 78.5 Å². The number of amides is 3. The van der Waals surface area contributed by atoms with Crippen LogP contribution >= 0.6 is 51.3 Å². The number of carbonyl (C=O) groups excluding carboxylic acids is 3. The van der Waals surface area contributed by atoms with Gasteiger partial charge in [-0.05, 0) is 60.7 Å². The Bertz CT molecular complexity index is 1280. The van der Waals surface area contributed by atoms with Gasteiger partial charge < -0.3 is 5.32 Å². The van der Waals surface area contributed by atoms with E-state index in [1.54, 1.807) is 54.6 Å². The molecule has 2 N–H and O–H groups in total. The summed E-state index contributed by atoms with van der Waals surface area (Å²) in [5, 5.41) is 5.84. The molecule has 0 radical (unpaired) electrons. The predicted octanol–water partition coefficient (Wildman–Crippen LogP) is 5.68. The Morgan fingerprint density at radius 1 is 0.906 bits per heavy atom. The number of thiocarbonyl (C=S) groups is 1. The predicted molar refractivity (Wildman–Crippen MR) is 132 cm³/mol. The average Bonchev–Trinajstić information content (AvgIpc) is 3.01. The molecule has 0 atom stereocenters. The van der Waals surface area contributed by atoms with Crippen LogP contribution in [0.5, 0.6) is 0 Å². The monoisotopic (exact) mass is 547 g/mol. The normalized spacial score (nSPS) is 12.5. The highest BCUT2D eigenvalue weighted by Gasteiger charge is 2.36. The molecule has 0 aromatic heterocycles. The molecule has 0 spiro atoms. The van der Waals surface area contributed by atoms with Gasteiger partial charge in [0.25, 0.3) is 17.7 Å². The van der Waals surface area contributed by atoms with Gasteiger partial charge in [-0.15, -0.1) is 0 Å². The minimum absolute atomic E-state index is 0.00132. The van der Waals surface area contributed by atoms with Crippen LogP contribution in [0.3, 0.4) is 0 Å². The number of hydrogen-bond acceptors (Lipinski definition) is 4. The molecule has 0 fully saturated rings. The molecule has 10 heteroatoms. The van der Waals surface area contributed by atoms with Gasteiger partial charge in [-0.1, -0.05) is 51.3 Å². The lowest BCUT2D eigenvalue weighted by molar-refractivity contribution is 0.0923. The van der Waals surface area contributed by atoms with Gasteiger partial charge in [-0.2, -0.15) is 0 Å². The van der Waals surface area contributed by atoms with Gasteiger partial charge in [0.1, 0.15) is 0 Å². The first kappa shape index (κ1) is 22.4. The zero-order valence-electron chi connectivity index (χ0n) is 16.0. The van der Waals surface area contributed by atoms with E-state index >= 15 is 0 Å². The molecule has 3 aromatic rings. The van der Waals surface area contributed by atoms with E-state index in [0.29, 0.717) is 27.0 Å². The molecule has 160 valence electrons. The second kappa shape index (κ2) is 8.99. The summed E-state index contributed by atoms with van der Waals surface area (Å²) in [4.78, 5) is 38.8. The molecule has 4 rings (SSSR count). The standard InChI is InChI=1S/C22H12BrCl2N3O3S/c23-11-5-7-16(24)15(9-11)19(29)27-22(32)26-18-8-6-12(10-17(18)25)28-20(30)13-3-1-2-4-14(13)21(28)31/h1-10H,(H2,26,27,29,32). The number of imide groups is 1. The number of benzene rings is 3. The molecular formula is C22H12BrCl2N3O3S. The Morgan fingerprint density at radius 2 is 1.56 bits per heavy atom. The Balaban J connectivity index is 1.49. The molecule has 6 nitrogen and oxygen atoms in total. The third-order valence-electron chi connectivity index (χ3n) is 4.65. The van der Waals surface area contributed by atoms with Crippen LogP contribution in [0.15, 0.2) is 65.1 Å². The molecule has 0 bridgehead atoms. The molecule has 0 saturated carbocycles. The highest BCUT2D eigenvalue weighted by atomic mass is 79.9. The number of anilines is 2. The zero-order valence-corrected chi connectivity index (χ0v) is 19.9. The summed E-state index contributed by atoms with van der Waals surface area (Å²) in [6, 6.07) is 16.1. The number of carbonyl (C=O) groups is 3. The molecule has 0 saturated heterocycles. The second-order valence-corrected chi connectivity index (χ2v) is 8.83. The highest BCUT2D eigenvalue weighted by molar-refractivity contribution is 9.10. The number of nitrogens with zero attached hydrogens (tertiary/aromatic N) is 1. The minimum Gasteiger partial charge on any atom is -0.331 e. The van der Waals surface area contributed by atoms with E-state index in [1.165, 1.54) is 6.07 Å². The lowest BCUT2D eigenvalue weighted by Gasteiger charge is -2.16. The smallest absolute Gasteiger partial charge is 0.266 e. The van der Waals surface area contributed by atoms with Gasteiger partial charge in [0, 0.05) is 4.47 Å². The van der Waals surface area contributed by atoms with Crippen molar-refractivity contribution < 1.29 is 14.4 Å². The number of fused-ring (bicyclic) bond motifs is 1. The van der Waals surface area contributed by atoms with E-state index in [4.69, 9.17) is 35.4 Å². The Morgan fingerprint density at radius 3 is 2.19 bits per heavy atom. The van der Waals surface area contributed by atoms with E-state index in [2.05, 4.69) is 26.6 Å². The zero-order chi connectivity index (χ0) is 23.0. The van der Waals surface area contributed by atoms with E-state index in [-0.39, 0.29) is 20.7 Å². The maximum absolute atomic E-state index is 12.7. The first-order valence-corrected chi connectivity index (χ1v) is 11.1.